The monoisotopic (exact) mass is 508 g/mol. The molecular weight excluding hydrogens is 487 g/mol. The number of hydrogen-bond acceptors (Lipinski definition) is 4. The first-order valence-electron chi connectivity index (χ1n) is 10.5. The van der Waals surface area contributed by atoms with Crippen molar-refractivity contribution in [1.29, 1.82) is 0 Å². The molecule has 168 valence electrons. The van der Waals surface area contributed by atoms with Gasteiger partial charge in [-0.15, -0.1) is 0 Å². The highest BCUT2D eigenvalue weighted by atomic mass is 35.5. The van der Waals surface area contributed by atoms with Crippen molar-refractivity contribution >= 4 is 42.9 Å². The molecule has 0 saturated heterocycles. The third kappa shape index (κ3) is 3.30. The highest BCUT2D eigenvalue weighted by molar-refractivity contribution is 7.95. The summed E-state index contributed by atoms with van der Waals surface area (Å²) in [6.07, 6.45) is 7.87. The van der Waals surface area contributed by atoms with Gasteiger partial charge < -0.3 is 0 Å². The van der Waals surface area contributed by atoms with Crippen LogP contribution in [0.5, 0.6) is 0 Å². The first-order chi connectivity index (χ1) is 15.1. The van der Waals surface area contributed by atoms with Gasteiger partial charge in [-0.05, 0) is 74.2 Å². The molecule has 32 heavy (non-hydrogen) atoms. The lowest BCUT2D eigenvalue weighted by molar-refractivity contribution is 0.110. The molecule has 0 spiro atoms. The molecule has 0 heterocycles. The van der Waals surface area contributed by atoms with Crippen LogP contribution >= 0.6 is 23.2 Å². The van der Waals surface area contributed by atoms with E-state index < -0.39 is 30.5 Å². The minimum absolute atomic E-state index is 0.218. The van der Waals surface area contributed by atoms with Crippen LogP contribution < -0.4 is 0 Å². The Labute approximate surface area is 198 Å². The summed E-state index contributed by atoms with van der Waals surface area (Å²) >= 11 is 11.9. The van der Waals surface area contributed by atoms with Gasteiger partial charge in [-0.2, -0.15) is 0 Å². The Morgan fingerprint density at radius 3 is 1.28 bits per heavy atom. The number of hydrogen-bond donors (Lipinski definition) is 0. The third-order valence-corrected chi connectivity index (χ3v) is 11.5. The molecule has 5 rings (SSSR count). The van der Waals surface area contributed by atoms with Crippen molar-refractivity contribution in [3.05, 3.63) is 80.5 Å². The molecule has 2 aromatic carbocycles. The Morgan fingerprint density at radius 1 is 0.594 bits per heavy atom. The fourth-order valence-corrected chi connectivity index (χ4v) is 9.16. The van der Waals surface area contributed by atoms with Gasteiger partial charge in [0.25, 0.3) is 0 Å². The van der Waals surface area contributed by atoms with Crippen molar-refractivity contribution in [3.63, 3.8) is 0 Å². The maximum atomic E-state index is 13.4. The van der Waals surface area contributed by atoms with E-state index >= 15 is 0 Å². The minimum atomic E-state index is -3.67. The normalized spacial score (nSPS) is 27.4. The van der Waals surface area contributed by atoms with Crippen LogP contribution in [0.2, 0.25) is 10.0 Å². The van der Waals surface area contributed by atoms with Gasteiger partial charge in [-0.25, -0.2) is 16.8 Å². The second-order valence-corrected chi connectivity index (χ2v) is 13.9. The summed E-state index contributed by atoms with van der Waals surface area (Å²) < 4.78 is 53.5. The van der Waals surface area contributed by atoms with Crippen LogP contribution in [0.4, 0.5) is 0 Å². The number of benzene rings is 2. The van der Waals surface area contributed by atoms with E-state index in [1.54, 1.807) is 24.3 Å². The number of allylic oxidation sites excluding steroid dienone is 4. The topological polar surface area (TPSA) is 68.3 Å². The summed E-state index contributed by atoms with van der Waals surface area (Å²) in [5.41, 5.74) is -0.955. The van der Waals surface area contributed by atoms with Crippen molar-refractivity contribution in [2.24, 2.45) is 10.8 Å². The van der Waals surface area contributed by atoms with Gasteiger partial charge in [0.2, 0.25) is 19.7 Å². The first kappa shape index (κ1) is 22.2. The Balaban J connectivity index is 1.55. The van der Waals surface area contributed by atoms with Crippen LogP contribution in [0.3, 0.4) is 0 Å². The average Bonchev–Trinajstić information content (AvgIpc) is 3.27. The van der Waals surface area contributed by atoms with Gasteiger partial charge in [0.15, 0.2) is 0 Å². The van der Waals surface area contributed by atoms with E-state index in [2.05, 4.69) is 0 Å². The Bertz CT molecular complexity index is 1250. The van der Waals surface area contributed by atoms with Gasteiger partial charge >= 0.3 is 0 Å². The third-order valence-electron chi connectivity index (χ3n) is 7.28. The van der Waals surface area contributed by atoms with Crippen LogP contribution in [-0.2, 0) is 19.7 Å². The van der Waals surface area contributed by atoms with Gasteiger partial charge in [-0.3, -0.25) is 0 Å². The predicted molar refractivity (Wildman–Crippen MR) is 126 cm³/mol. The largest absolute Gasteiger partial charge is 0.219 e. The van der Waals surface area contributed by atoms with Crippen molar-refractivity contribution < 1.29 is 16.8 Å². The molecule has 3 aliphatic rings. The maximum absolute atomic E-state index is 13.4. The van der Waals surface area contributed by atoms with E-state index in [-0.39, 0.29) is 9.79 Å². The molecule has 0 aromatic heterocycles. The van der Waals surface area contributed by atoms with E-state index in [9.17, 15) is 16.8 Å². The van der Waals surface area contributed by atoms with E-state index in [0.29, 0.717) is 32.7 Å². The van der Waals surface area contributed by atoms with Gasteiger partial charge in [-0.1, -0.05) is 48.2 Å². The van der Waals surface area contributed by atoms with Crippen LogP contribution in [-0.4, -0.2) is 16.8 Å². The first-order valence-corrected chi connectivity index (χ1v) is 14.3. The summed E-state index contributed by atoms with van der Waals surface area (Å²) in [7, 11) is -7.33. The highest BCUT2D eigenvalue weighted by Gasteiger charge is 2.60. The second kappa shape index (κ2) is 7.45. The lowest BCUT2D eigenvalue weighted by Gasteiger charge is -2.44. The molecule has 0 N–H and O–H groups in total. The zero-order valence-corrected chi connectivity index (χ0v) is 20.4. The van der Waals surface area contributed by atoms with Crippen LogP contribution in [0.15, 0.2) is 80.3 Å². The molecule has 0 radical (unpaired) electrons. The molecule has 2 atom stereocenters. The number of sulfone groups is 2. The second-order valence-electron chi connectivity index (χ2n) is 9.01. The molecule has 4 nitrogen and oxygen atoms in total. The van der Waals surface area contributed by atoms with Gasteiger partial charge in [0, 0.05) is 30.7 Å². The summed E-state index contributed by atoms with van der Waals surface area (Å²) in [6.45, 7) is 0. The quantitative estimate of drug-likeness (QED) is 0.481. The molecule has 2 aromatic rings. The van der Waals surface area contributed by atoms with Crippen LogP contribution in [0, 0.1) is 10.8 Å². The van der Waals surface area contributed by atoms with E-state index in [0.717, 1.165) is 25.7 Å². The standard InChI is InChI=1S/C24H22Cl2O4S2/c25-17-3-7-19(8-4-17)31(27,28)21-13-23-11-1-2-12-24(23,15-21)16-22(14-23)32(29,30)20-9-5-18(26)6-10-20/h3-10,13,16H,1-2,11-12,14-15H2/t23-,24+/m0/s1. The van der Waals surface area contributed by atoms with E-state index in [1.807, 2.05) is 12.2 Å². The zero-order chi connectivity index (χ0) is 22.8. The number of rotatable bonds is 4. The van der Waals surface area contributed by atoms with Crippen LogP contribution in [0.1, 0.15) is 38.5 Å². The molecule has 0 amide bonds. The van der Waals surface area contributed by atoms with Crippen LogP contribution in [0.25, 0.3) is 0 Å². The van der Waals surface area contributed by atoms with Crippen molar-refractivity contribution in [1.82, 2.24) is 0 Å². The molecule has 3 aliphatic carbocycles. The maximum Gasteiger partial charge on any atom is 0.202 e. The fraction of sp³-hybridized carbons (Fsp3) is 0.333. The van der Waals surface area contributed by atoms with Crippen molar-refractivity contribution in [2.45, 2.75) is 48.3 Å². The molecular formula is C24H22Cl2O4S2. The Morgan fingerprint density at radius 2 is 0.938 bits per heavy atom. The average molecular weight is 509 g/mol. The Hall–Kier alpha value is -1.60. The highest BCUT2D eigenvalue weighted by Crippen LogP contribution is 2.68. The summed E-state index contributed by atoms with van der Waals surface area (Å²) in [6, 6.07) is 12.4. The molecule has 0 bridgehead atoms. The lowest BCUT2D eigenvalue weighted by Crippen LogP contribution is -2.35. The number of halogens is 2. The van der Waals surface area contributed by atoms with E-state index in [1.165, 1.54) is 24.3 Å². The summed E-state index contributed by atoms with van der Waals surface area (Å²) in [4.78, 5) is 1.22. The zero-order valence-electron chi connectivity index (χ0n) is 17.2. The lowest BCUT2D eigenvalue weighted by atomic mass is 9.59. The molecule has 0 unspecified atom stereocenters. The molecule has 1 saturated carbocycles. The fourth-order valence-electron chi connectivity index (χ4n) is 5.66. The van der Waals surface area contributed by atoms with Crippen molar-refractivity contribution in [2.75, 3.05) is 0 Å². The van der Waals surface area contributed by atoms with Gasteiger partial charge in [0.05, 0.1) is 9.79 Å². The molecule has 1 fully saturated rings. The Kier molecular flexibility index (Phi) is 5.17. The smallest absolute Gasteiger partial charge is 0.202 e. The molecule has 0 aliphatic heterocycles. The molecule has 8 heteroatoms. The summed E-state index contributed by atoms with van der Waals surface area (Å²) in [5, 5.41) is 0.958. The SMILES string of the molecule is O=S(=O)(C1=C[C@]23CCCC[C@]2(C=C(S(=O)(=O)c2ccc(Cl)cc2)C3)C1)c1ccc(Cl)cc1. The minimum Gasteiger partial charge on any atom is -0.219 e. The van der Waals surface area contributed by atoms with E-state index in [4.69, 9.17) is 23.2 Å². The van der Waals surface area contributed by atoms with Gasteiger partial charge in [0.1, 0.15) is 0 Å². The summed E-state index contributed by atoms with van der Waals surface area (Å²) in [5.74, 6) is 0. The van der Waals surface area contributed by atoms with Crippen molar-refractivity contribution in [3.8, 4) is 0 Å². The predicted octanol–water partition coefficient (Wildman–Crippen LogP) is 6.36.